The van der Waals surface area contributed by atoms with Crippen molar-refractivity contribution in [1.29, 1.82) is 0 Å². The largest absolute Gasteiger partial charge is 0.507 e. The molecule has 5 heteroatoms. The molecular weight excluding hydrogens is 548 g/mol. The van der Waals surface area contributed by atoms with E-state index >= 15 is 0 Å². The van der Waals surface area contributed by atoms with Gasteiger partial charge in [-0.2, -0.15) is 0 Å². The van der Waals surface area contributed by atoms with E-state index in [9.17, 15) is 9.90 Å². The van der Waals surface area contributed by atoms with Crippen molar-refractivity contribution in [3.63, 3.8) is 0 Å². The SMILES string of the molecule is CCOC(=O)c1cc(C=Cc2cc(C(C)(C)C)[o+]c(C(C)(C)C)c2)c(O)c(C=Cc2cc(C(C)(C)C)[o+]c(C(C)(C)C)c2)c1. The van der Waals surface area contributed by atoms with E-state index < -0.39 is 5.97 Å². The van der Waals surface area contributed by atoms with Crippen LogP contribution in [0.25, 0.3) is 24.3 Å². The van der Waals surface area contributed by atoms with E-state index in [4.69, 9.17) is 13.6 Å². The molecule has 3 aromatic rings. The van der Waals surface area contributed by atoms with E-state index in [-0.39, 0.29) is 34.0 Å². The number of hydrogen-bond donors (Lipinski definition) is 1. The Morgan fingerprint density at radius 2 is 0.932 bits per heavy atom. The highest BCUT2D eigenvalue weighted by Crippen LogP contribution is 2.34. The number of aromatic hydroxyl groups is 1. The van der Waals surface area contributed by atoms with Crippen LogP contribution in [0.3, 0.4) is 0 Å². The van der Waals surface area contributed by atoms with Crippen molar-refractivity contribution >= 4 is 30.3 Å². The van der Waals surface area contributed by atoms with Gasteiger partial charge in [0.2, 0.25) is 0 Å². The van der Waals surface area contributed by atoms with Crippen molar-refractivity contribution in [1.82, 2.24) is 0 Å². The first-order chi connectivity index (χ1) is 20.1. The van der Waals surface area contributed by atoms with Gasteiger partial charge in [-0.1, -0.05) is 24.3 Å². The Balaban J connectivity index is 2.16. The van der Waals surface area contributed by atoms with Crippen LogP contribution in [0.2, 0.25) is 0 Å². The number of ether oxygens (including phenoxy) is 1. The predicted octanol–water partition coefficient (Wildman–Crippen LogP) is 10.8. The van der Waals surface area contributed by atoms with Gasteiger partial charge in [0, 0.05) is 35.4 Å². The number of rotatable bonds is 6. The third-order valence-corrected chi connectivity index (χ3v) is 7.18. The number of carbonyl (C=O) groups excluding carboxylic acids is 1. The zero-order valence-electron chi connectivity index (χ0n) is 29.1. The van der Waals surface area contributed by atoms with Crippen molar-refractivity contribution in [3.8, 4) is 5.75 Å². The van der Waals surface area contributed by atoms with E-state index in [1.807, 2.05) is 48.6 Å². The van der Waals surface area contributed by atoms with Crippen LogP contribution in [0.15, 0.2) is 45.2 Å². The molecule has 0 saturated carbocycles. The van der Waals surface area contributed by atoms with Gasteiger partial charge < -0.3 is 9.84 Å². The first-order valence-electron chi connectivity index (χ1n) is 15.5. The summed E-state index contributed by atoms with van der Waals surface area (Å²) >= 11 is 0. The van der Waals surface area contributed by atoms with Gasteiger partial charge in [0.05, 0.1) is 33.8 Å². The molecule has 0 aliphatic carbocycles. The lowest BCUT2D eigenvalue weighted by Gasteiger charge is -2.14. The molecule has 5 nitrogen and oxygen atoms in total. The average molecular weight is 601 g/mol. The Labute approximate surface area is 264 Å². The molecule has 0 amide bonds. The van der Waals surface area contributed by atoms with Crippen LogP contribution >= 0.6 is 0 Å². The molecule has 1 aromatic carbocycles. The second-order valence-electron chi connectivity index (χ2n) is 15.6. The summed E-state index contributed by atoms with van der Waals surface area (Å²) in [5.74, 6) is 3.12. The second-order valence-corrected chi connectivity index (χ2v) is 15.6. The molecule has 0 radical (unpaired) electrons. The van der Waals surface area contributed by atoms with Gasteiger partial charge >= 0.3 is 29.0 Å². The van der Waals surface area contributed by atoms with Crippen molar-refractivity contribution in [2.75, 3.05) is 6.61 Å². The number of benzene rings is 1. The van der Waals surface area contributed by atoms with E-state index in [2.05, 4.69) is 83.1 Å². The highest BCUT2D eigenvalue weighted by Gasteiger charge is 2.34. The summed E-state index contributed by atoms with van der Waals surface area (Å²) in [5.41, 5.74) is 2.56. The van der Waals surface area contributed by atoms with Crippen LogP contribution in [-0.4, -0.2) is 17.7 Å². The molecule has 0 atom stereocenters. The Kier molecular flexibility index (Phi) is 10.0. The Morgan fingerprint density at radius 3 is 1.20 bits per heavy atom. The lowest BCUT2D eigenvalue weighted by atomic mass is 9.88. The Bertz CT molecular complexity index is 1390. The lowest BCUT2D eigenvalue weighted by molar-refractivity contribution is 0.0526. The highest BCUT2D eigenvalue weighted by molar-refractivity contribution is 5.93. The minimum Gasteiger partial charge on any atom is -0.507 e. The zero-order valence-corrected chi connectivity index (χ0v) is 29.1. The molecule has 0 aliphatic heterocycles. The molecular formula is C39H52O5+2. The average Bonchev–Trinajstić information content (AvgIpc) is 2.89. The monoisotopic (exact) mass is 600 g/mol. The van der Waals surface area contributed by atoms with Gasteiger partial charge in [-0.25, -0.2) is 13.6 Å². The van der Waals surface area contributed by atoms with E-state index in [0.29, 0.717) is 16.7 Å². The van der Waals surface area contributed by atoms with Crippen LogP contribution in [0.1, 0.15) is 146 Å². The lowest BCUT2D eigenvalue weighted by Crippen LogP contribution is -2.16. The van der Waals surface area contributed by atoms with Gasteiger partial charge in [-0.3, -0.25) is 0 Å². The van der Waals surface area contributed by atoms with E-state index in [0.717, 1.165) is 34.2 Å². The minimum atomic E-state index is -0.441. The summed E-state index contributed by atoms with van der Waals surface area (Å²) in [6.07, 6.45) is 7.56. The predicted molar refractivity (Wildman–Crippen MR) is 183 cm³/mol. The summed E-state index contributed by atoms with van der Waals surface area (Å²) in [6, 6.07) is 11.4. The fraction of sp³-hybridized carbons (Fsp3) is 0.462. The molecule has 3 rings (SSSR count). The molecule has 0 unspecified atom stereocenters. The summed E-state index contributed by atoms with van der Waals surface area (Å²) < 4.78 is 17.9. The molecule has 2 aromatic heterocycles. The molecule has 44 heavy (non-hydrogen) atoms. The smallest absolute Gasteiger partial charge is 0.338 e. The molecule has 0 bridgehead atoms. The van der Waals surface area contributed by atoms with Gasteiger partial charge in [0.1, 0.15) is 5.75 Å². The minimum absolute atomic E-state index is 0.0750. The first kappa shape index (κ1) is 34.8. The van der Waals surface area contributed by atoms with Gasteiger partial charge in [-0.05, 0) is 113 Å². The summed E-state index contributed by atoms with van der Waals surface area (Å²) in [5, 5.41) is 11.4. The van der Waals surface area contributed by atoms with Crippen molar-refractivity contribution in [2.45, 2.75) is 112 Å². The quantitative estimate of drug-likeness (QED) is 0.225. The van der Waals surface area contributed by atoms with Crippen LogP contribution in [0.4, 0.5) is 0 Å². The molecule has 0 aliphatic rings. The van der Waals surface area contributed by atoms with Crippen molar-refractivity contribution in [3.05, 3.63) is 87.3 Å². The van der Waals surface area contributed by atoms with Gasteiger partial charge in [0.25, 0.3) is 0 Å². The fourth-order valence-corrected chi connectivity index (χ4v) is 4.35. The maximum Gasteiger partial charge on any atom is 0.338 e. The maximum absolute atomic E-state index is 12.9. The molecule has 236 valence electrons. The summed E-state index contributed by atoms with van der Waals surface area (Å²) in [7, 11) is 0. The third-order valence-electron chi connectivity index (χ3n) is 7.18. The van der Waals surface area contributed by atoms with Crippen LogP contribution in [0, 0.1) is 0 Å². The fourth-order valence-electron chi connectivity index (χ4n) is 4.35. The number of phenolic OH excluding ortho intramolecular Hbond substituents is 1. The van der Waals surface area contributed by atoms with Gasteiger partial charge in [0.15, 0.2) is 0 Å². The molecule has 0 spiro atoms. The number of esters is 1. The summed E-state index contributed by atoms with van der Waals surface area (Å²) in [6.45, 7) is 27.5. The van der Waals surface area contributed by atoms with Crippen LogP contribution < -0.4 is 0 Å². The first-order valence-corrected chi connectivity index (χ1v) is 15.5. The van der Waals surface area contributed by atoms with Crippen LogP contribution in [-0.2, 0) is 26.4 Å². The molecule has 1 N–H and O–H groups in total. The standard InChI is InChI=1S/C39H51O5/c1-14-42-35(41)29-23-27(17-15-25-19-30(36(2,3)4)43-31(20-25)37(5,6)7)34(40)28(24-29)18-16-26-21-32(38(8,9)10)44-33(22-26)39(11,12)13/h15-24H,14H2,1-13H3/q+1/p+1. The Hall–Kier alpha value is -3.73. The molecule has 0 fully saturated rings. The Morgan fingerprint density at radius 1 is 0.614 bits per heavy atom. The number of carbonyl (C=O) groups is 1. The summed E-state index contributed by atoms with van der Waals surface area (Å²) in [4.78, 5) is 12.9. The van der Waals surface area contributed by atoms with E-state index in [1.54, 1.807) is 19.1 Å². The van der Waals surface area contributed by atoms with Crippen molar-refractivity contribution in [2.24, 2.45) is 0 Å². The topological polar surface area (TPSA) is 69.1 Å². The number of hydrogen-bond acceptors (Lipinski definition) is 3. The second kappa shape index (κ2) is 12.7. The number of phenols is 1. The van der Waals surface area contributed by atoms with Crippen LogP contribution in [0.5, 0.6) is 5.75 Å². The third kappa shape index (κ3) is 8.90. The molecule has 2 heterocycles. The zero-order chi connectivity index (χ0) is 33.3. The highest BCUT2D eigenvalue weighted by atomic mass is 16.5. The van der Waals surface area contributed by atoms with Crippen molar-refractivity contribution < 1.29 is 23.5 Å². The normalized spacial score (nSPS) is 13.2. The maximum atomic E-state index is 12.9. The molecule has 0 saturated heterocycles. The van der Waals surface area contributed by atoms with Gasteiger partial charge in [-0.15, -0.1) is 0 Å². The van der Waals surface area contributed by atoms with E-state index in [1.165, 1.54) is 0 Å².